The summed E-state index contributed by atoms with van der Waals surface area (Å²) in [6, 6.07) is 12.1. The van der Waals surface area contributed by atoms with Crippen LogP contribution < -0.4 is 10.1 Å². The van der Waals surface area contributed by atoms with Gasteiger partial charge in [-0.15, -0.1) is 0 Å². The summed E-state index contributed by atoms with van der Waals surface area (Å²) in [5.41, 5.74) is 1.15. The highest BCUT2D eigenvalue weighted by atomic mass is 79.9. The summed E-state index contributed by atoms with van der Waals surface area (Å²) in [6.45, 7) is 2.03. The highest BCUT2D eigenvalue weighted by Gasteiger charge is 2.36. The predicted molar refractivity (Wildman–Crippen MR) is 118 cm³/mol. The molecule has 1 fully saturated rings. The van der Waals surface area contributed by atoms with Crippen LogP contribution in [0.5, 0.6) is 5.75 Å². The number of benzene rings is 2. The van der Waals surface area contributed by atoms with Crippen molar-refractivity contribution in [1.29, 1.82) is 0 Å². The minimum absolute atomic E-state index is 0.247. The first-order valence-corrected chi connectivity index (χ1v) is 10.6. The lowest BCUT2D eigenvalue weighted by Gasteiger charge is -2.13. The van der Waals surface area contributed by atoms with Gasteiger partial charge in [0.2, 0.25) is 5.91 Å². The van der Waals surface area contributed by atoms with Gasteiger partial charge in [0.05, 0.1) is 26.7 Å². The molecule has 1 aliphatic heterocycles. The molecule has 9 heteroatoms. The quantitative estimate of drug-likeness (QED) is 0.559. The van der Waals surface area contributed by atoms with E-state index in [0.717, 1.165) is 26.7 Å². The summed E-state index contributed by atoms with van der Waals surface area (Å²) in [5.74, 6) is -0.334. The maximum absolute atomic E-state index is 12.6. The van der Waals surface area contributed by atoms with Crippen molar-refractivity contribution in [3.05, 3.63) is 62.4 Å². The first-order chi connectivity index (χ1) is 13.9. The predicted octanol–water partition coefficient (Wildman–Crippen LogP) is 5.18. The van der Waals surface area contributed by atoms with Crippen molar-refractivity contribution in [3.8, 4) is 5.75 Å². The van der Waals surface area contributed by atoms with Gasteiger partial charge < -0.3 is 10.1 Å². The third-order valence-electron chi connectivity index (χ3n) is 3.88. The number of para-hydroxylation sites is 1. The van der Waals surface area contributed by atoms with Crippen LogP contribution in [0, 0.1) is 0 Å². The van der Waals surface area contributed by atoms with Gasteiger partial charge in [-0.1, -0.05) is 29.8 Å². The van der Waals surface area contributed by atoms with Crippen molar-refractivity contribution in [1.82, 2.24) is 4.90 Å². The minimum atomic E-state index is -0.515. The highest BCUT2D eigenvalue weighted by Crippen LogP contribution is 2.34. The Morgan fingerprint density at radius 2 is 2.03 bits per heavy atom. The molecule has 0 radical (unpaired) electrons. The Kier molecular flexibility index (Phi) is 7.00. The minimum Gasteiger partial charge on any atom is -0.493 e. The van der Waals surface area contributed by atoms with E-state index in [1.807, 2.05) is 6.92 Å². The largest absolute Gasteiger partial charge is 0.493 e. The van der Waals surface area contributed by atoms with E-state index in [9.17, 15) is 14.4 Å². The van der Waals surface area contributed by atoms with Crippen LogP contribution in [0.2, 0.25) is 5.02 Å². The molecule has 29 heavy (non-hydrogen) atoms. The van der Waals surface area contributed by atoms with E-state index in [0.29, 0.717) is 23.1 Å². The average molecular weight is 496 g/mol. The number of ether oxygens (including phenoxy) is 1. The van der Waals surface area contributed by atoms with Crippen molar-refractivity contribution in [3.63, 3.8) is 0 Å². The number of hydrogen-bond donors (Lipinski definition) is 1. The number of hydrogen-bond acceptors (Lipinski definition) is 5. The summed E-state index contributed by atoms with van der Waals surface area (Å²) >= 11 is 10.2. The van der Waals surface area contributed by atoms with E-state index in [2.05, 4.69) is 21.2 Å². The van der Waals surface area contributed by atoms with Crippen LogP contribution in [0.3, 0.4) is 0 Å². The van der Waals surface area contributed by atoms with Gasteiger partial charge in [-0.25, -0.2) is 0 Å². The molecule has 0 aromatic heterocycles. The number of halogens is 2. The SMILES string of the molecule is CCOc1ccc(/C=C2/SC(=O)N(CC(=O)Nc3ccccc3Cl)C2=O)cc1Br. The molecule has 2 aromatic rings. The van der Waals surface area contributed by atoms with Crippen molar-refractivity contribution in [2.45, 2.75) is 6.92 Å². The number of carbonyl (C=O) groups excluding carboxylic acids is 3. The summed E-state index contributed by atoms with van der Waals surface area (Å²) in [5, 5.41) is 2.47. The summed E-state index contributed by atoms with van der Waals surface area (Å²) in [6.07, 6.45) is 1.61. The fourth-order valence-electron chi connectivity index (χ4n) is 2.56. The van der Waals surface area contributed by atoms with Crippen LogP contribution in [0.1, 0.15) is 12.5 Å². The lowest BCUT2D eigenvalue weighted by molar-refractivity contribution is -0.127. The topological polar surface area (TPSA) is 75.7 Å². The molecule has 1 N–H and O–H groups in total. The number of rotatable bonds is 6. The molecule has 6 nitrogen and oxygen atoms in total. The Hall–Kier alpha value is -2.29. The fraction of sp³-hybridized carbons (Fsp3) is 0.150. The van der Waals surface area contributed by atoms with Crippen LogP contribution in [0.25, 0.3) is 6.08 Å². The zero-order valence-electron chi connectivity index (χ0n) is 15.3. The third-order valence-corrected chi connectivity index (χ3v) is 5.73. The smallest absolute Gasteiger partial charge is 0.294 e. The first kappa shape index (κ1) is 21.4. The van der Waals surface area contributed by atoms with Gasteiger partial charge in [0.1, 0.15) is 12.3 Å². The van der Waals surface area contributed by atoms with Crippen LogP contribution in [0.15, 0.2) is 51.8 Å². The Morgan fingerprint density at radius 3 is 2.72 bits per heavy atom. The molecule has 0 bridgehead atoms. The normalized spacial score (nSPS) is 15.1. The second kappa shape index (κ2) is 9.47. The maximum atomic E-state index is 12.6. The molecule has 3 amide bonds. The molecule has 150 valence electrons. The Labute approximate surface area is 185 Å². The third kappa shape index (κ3) is 5.20. The monoisotopic (exact) mass is 494 g/mol. The van der Waals surface area contributed by atoms with Gasteiger partial charge in [0.15, 0.2) is 0 Å². The molecule has 1 aliphatic rings. The van der Waals surface area contributed by atoms with Gasteiger partial charge in [0, 0.05) is 0 Å². The Morgan fingerprint density at radius 1 is 1.28 bits per heavy atom. The number of nitrogens with one attached hydrogen (secondary N) is 1. The Balaban J connectivity index is 1.71. The molecular formula is C20H16BrClN2O4S. The van der Waals surface area contributed by atoms with Crippen molar-refractivity contribution in [2.75, 3.05) is 18.5 Å². The second-order valence-electron chi connectivity index (χ2n) is 5.92. The van der Waals surface area contributed by atoms with Crippen LogP contribution in [-0.2, 0) is 9.59 Å². The maximum Gasteiger partial charge on any atom is 0.294 e. The van der Waals surface area contributed by atoms with Gasteiger partial charge in [-0.2, -0.15) is 0 Å². The standard InChI is InChI=1S/C20H16BrClN2O4S/c1-2-28-16-8-7-12(9-13(16)21)10-17-19(26)24(20(27)29-17)11-18(25)23-15-6-4-3-5-14(15)22/h3-10H,2,11H2,1H3,(H,23,25)/b17-10+. The molecule has 2 aromatic carbocycles. The van der Waals surface area contributed by atoms with E-state index >= 15 is 0 Å². The van der Waals surface area contributed by atoms with Crippen LogP contribution in [-0.4, -0.2) is 35.1 Å². The molecular weight excluding hydrogens is 480 g/mol. The summed E-state index contributed by atoms with van der Waals surface area (Å²) in [4.78, 5) is 38.3. The summed E-state index contributed by atoms with van der Waals surface area (Å²) < 4.78 is 6.20. The van der Waals surface area contributed by atoms with E-state index < -0.39 is 17.1 Å². The van der Waals surface area contributed by atoms with E-state index in [1.165, 1.54) is 0 Å². The number of thioether (sulfide) groups is 1. The Bertz CT molecular complexity index is 1010. The van der Waals surface area contributed by atoms with E-state index in [-0.39, 0.29) is 11.4 Å². The fourth-order valence-corrected chi connectivity index (χ4v) is 4.10. The highest BCUT2D eigenvalue weighted by molar-refractivity contribution is 9.10. The van der Waals surface area contributed by atoms with E-state index in [4.69, 9.17) is 16.3 Å². The molecule has 0 saturated carbocycles. The lowest BCUT2D eigenvalue weighted by atomic mass is 10.2. The number of amides is 3. The average Bonchev–Trinajstić information content (AvgIpc) is 2.93. The van der Waals surface area contributed by atoms with Crippen molar-refractivity contribution in [2.24, 2.45) is 0 Å². The van der Waals surface area contributed by atoms with Gasteiger partial charge in [-0.3, -0.25) is 19.3 Å². The first-order valence-electron chi connectivity index (χ1n) is 8.61. The van der Waals surface area contributed by atoms with Gasteiger partial charge in [0.25, 0.3) is 11.1 Å². The number of imide groups is 1. The molecule has 0 spiro atoms. The van der Waals surface area contributed by atoms with Crippen molar-refractivity contribution < 1.29 is 19.1 Å². The number of anilines is 1. The van der Waals surface area contributed by atoms with Crippen LogP contribution >= 0.6 is 39.3 Å². The molecule has 1 heterocycles. The molecule has 0 unspecified atom stereocenters. The molecule has 0 aliphatic carbocycles. The molecule has 1 saturated heterocycles. The molecule has 3 rings (SSSR count). The van der Waals surface area contributed by atoms with Gasteiger partial charge in [-0.05, 0) is 70.5 Å². The zero-order valence-corrected chi connectivity index (χ0v) is 18.4. The number of carbonyl (C=O) groups is 3. The number of nitrogens with zero attached hydrogens (tertiary/aromatic N) is 1. The zero-order chi connectivity index (χ0) is 21.0. The summed E-state index contributed by atoms with van der Waals surface area (Å²) in [7, 11) is 0. The van der Waals surface area contributed by atoms with Gasteiger partial charge >= 0.3 is 0 Å². The molecule has 0 atom stereocenters. The lowest BCUT2D eigenvalue weighted by Crippen LogP contribution is -2.36. The van der Waals surface area contributed by atoms with Crippen molar-refractivity contribution >= 4 is 68.1 Å². The van der Waals surface area contributed by atoms with Crippen LogP contribution in [0.4, 0.5) is 10.5 Å². The second-order valence-corrected chi connectivity index (χ2v) is 8.17. The van der Waals surface area contributed by atoms with E-state index in [1.54, 1.807) is 48.5 Å².